The first-order chi connectivity index (χ1) is 12.7. The first-order valence-corrected chi connectivity index (χ1v) is 11.6. The van der Waals surface area contributed by atoms with Crippen molar-refractivity contribution in [3.63, 3.8) is 0 Å². The molecule has 1 saturated heterocycles. The number of aromatic amines is 1. The van der Waals surface area contributed by atoms with E-state index >= 15 is 0 Å². The molecule has 1 aromatic heterocycles. The highest BCUT2D eigenvalue weighted by atomic mass is 127. The van der Waals surface area contributed by atoms with E-state index < -0.39 is 59.8 Å². The van der Waals surface area contributed by atoms with Crippen LogP contribution >= 0.6 is 47.4 Å². The van der Waals surface area contributed by atoms with E-state index in [4.69, 9.17) is 19.4 Å². The zero-order chi connectivity index (χ0) is 21.3. The Morgan fingerprint density at radius 1 is 1.14 bits per heavy atom. The highest BCUT2D eigenvalue weighted by molar-refractivity contribution is 14.0. The van der Waals surface area contributed by atoms with E-state index in [1.807, 2.05) is 4.98 Å². The maximum atomic E-state index is 11.7. The second-order valence-electron chi connectivity index (χ2n) is 5.34. The number of halogens is 1. The van der Waals surface area contributed by atoms with Gasteiger partial charge in [0.1, 0.15) is 12.3 Å². The van der Waals surface area contributed by atoms with Gasteiger partial charge in [0.15, 0.2) is 0 Å². The molecule has 16 nitrogen and oxygen atoms in total. The van der Waals surface area contributed by atoms with Crippen LogP contribution < -0.4 is 11.2 Å². The third kappa shape index (κ3) is 8.41. The Balaban J connectivity index is 0.00000420. The van der Waals surface area contributed by atoms with Gasteiger partial charge in [0.25, 0.3) is 5.56 Å². The summed E-state index contributed by atoms with van der Waals surface area (Å²) in [5.74, 6) is 0. The summed E-state index contributed by atoms with van der Waals surface area (Å²) in [5.41, 5.74) is -1.50. The molecule has 6 N–H and O–H groups in total. The summed E-state index contributed by atoms with van der Waals surface area (Å²) in [5, 5.41) is 9.91. The minimum atomic E-state index is -5.67. The van der Waals surface area contributed by atoms with Crippen molar-refractivity contribution in [1.82, 2.24) is 9.55 Å². The molecule has 5 atom stereocenters. The number of aliphatic hydroxyl groups excluding tert-OH is 1. The Morgan fingerprint density at radius 3 is 2.31 bits per heavy atom. The van der Waals surface area contributed by atoms with Gasteiger partial charge in [0.05, 0.1) is 12.7 Å². The molecular formula is C9H16IN2O14P3. The molecule has 2 rings (SSSR count). The Bertz CT molecular complexity index is 972. The van der Waals surface area contributed by atoms with Gasteiger partial charge >= 0.3 is 29.2 Å². The minimum absolute atomic E-state index is 0. The number of ether oxygens (including phenoxy) is 1. The molecule has 2 heterocycles. The molecule has 0 aromatic carbocycles. The van der Waals surface area contributed by atoms with E-state index in [2.05, 4.69) is 13.1 Å². The fraction of sp³-hybridized carbons (Fsp3) is 0.556. The average molecular weight is 596 g/mol. The molecule has 0 bridgehead atoms. The van der Waals surface area contributed by atoms with Crippen LogP contribution in [0.15, 0.2) is 21.9 Å². The van der Waals surface area contributed by atoms with Gasteiger partial charge in [-0.1, -0.05) is 0 Å². The summed E-state index contributed by atoms with van der Waals surface area (Å²) in [6.45, 7) is -0.876. The van der Waals surface area contributed by atoms with Gasteiger partial charge in [-0.05, 0) is 0 Å². The van der Waals surface area contributed by atoms with Crippen LogP contribution in [0.3, 0.4) is 0 Å². The monoisotopic (exact) mass is 596 g/mol. The number of aromatic nitrogens is 2. The van der Waals surface area contributed by atoms with Gasteiger partial charge in [-0.25, -0.2) is 18.5 Å². The average Bonchev–Trinajstić information content (AvgIpc) is 2.82. The van der Waals surface area contributed by atoms with Crippen LogP contribution in [0.5, 0.6) is 0 Å². The molecular weight excluding hydrogens is 580 g/mol. The quantitative estimate of drug-likeness (QED) is 0.158. The van der Waals surface area contributed by atoms with Crippen LogP contribution in [0.1, 0.15) is 12.6 Å². The molecule has 20 heteroatoms. The van der Waals surface area contributed by atoms with Crippen molar-refractivity contribution in [2.24, 2.45) is 0 Å². The Hall–Kier alpha value is -0.260. The molecule has 1 aromatic rings. The Labute approximate surface area is 177 Å². The standard InChI is InChI=1S/C9H15N2O14P3.HI/c12-5-3-8(11-2-1-7(13)10-9(11)14)23-6(5)4-22-27(18,19)25-28(20,21)24-26(15,16)17;/h1-2,5-6,8,12H,3-4H2,(H,18,19)(H,20,21)(H,10,13,14)(H2,15,16,17);1H/t5-,6+,8+;/m0./s1. The molecule has 168 valence electrons. The van der Waals surface area contributed by atoms with Crippen LogP contribution in [0.25, 0.3) is 0 Å². The maximum absolute atomic E-state index is 11.7. The topological polar surface area (TPSA) is 244 Å². The molecule has 0 aliphatic carbocycles. The van der Waals surface area contributed by atoms with Gasteiger partial charge in [0, 0.05) is 18.7 Å². The Morgan fingerprint density at radius 2 is 1.76 bits per heavy atom. The van der Waals surface area contributed by atoms with E-state index in [0.717, 1.165) is 16.8 Å². The van der Waals surface area contributed by atoms with Crippen molar-refractivity contribution in [2.45, 2.75) is 24.9 Å². The van der Waals surface area contributed by atoms with Crippen LogP contribution in [0, 0.1) is 0 Å². The minimum Gasteiger partial charge on any atom is -0.390 e. The number of nitrogens with one attached hydrogen (secondary N) is 1. The lowest BCUT2D eigenvalue weighted by Crippen LogP contribution is -2.31. The SMILES string of the molecule is I.O=c1ccn([C@H]2C[C@H](O)[C@@H](COP(=O)(O)OP(=O)(O)OP(=O)(O)O)O2)c(=O)[nH]1. The number of hydrogen-bond donors (Lipinski definition) is 6. The predicted molar refractivity (Wildman–Crippen MR) is 101 cm³/mol. The highest BCUT2D eigenvalue weighted by Gasteiger charge is 2.42. The van der Waals surface area contributed by atoms with E-state index in [-0.39, 0.29) is 30.4 Å². The van der Waals surface area contributed by atoms with Crippen LogP contribution in [-0.2, 0) is 31.6 Å². The number of aliphatic hydroxyl groups is 1. The van der Waals surface area contributed by atoms with Gasteiger partial charge < -0.3 is 29.4 Å². The van der Waals surface area contributed by atoms with E-state index in [1.54, 1.807) is 0 Å². The van der Waals surface area contributed by atoms with Crippen molar-refractivity contribution < 1.29 is 56.3 Å². The molecule has 1 aliphatic heterocycles. The summed E-state index contributed by atoms with van der Waals surface area (Å²) < 4.78 is 51.0. The number of phosphoric acid groups is 3. The van der Waals surface area contributed by atoms with Gasteiger partial charge in [-0.3, -0.25) is 18.9 Å². The smallest absolute Gasteiger partial charge is 0.390 e. The van der Waals surface area contributed by atoms with E-state index in [0.29, 0.717) is 0 Å². The van der Waals surface area contributed by atoms with Crippen LogP contribution in [-0.4, -0.2) is 53.0 Å². The molecule has 0 radical (unpaired) electrons. The Kier molecular flexibility index (Phi) is 9.15. The normalized spacial score (nSPS) is 26.3. The van der Waals surface area contributed by atoms with Crippen molar-refractivity contribution in [3.05, 3.63) is 33.1 Å². The molecule has 0 amide bonds. The summed E-state index contributed by atoms with van der Waals surface area (Å²) >= 11 is 0. The van der Waals surface area contributed by atoms with Crippen molar-refractivity contribution in [1.29, 1.82) is 0 Å². The second-order valence-corrected chi connectivity index (χ2v) is 9.76. The molecule has 0 spiro atoms. The third-order valence-electron chi connectivity index (χ3n) is 3.18. The van der Waals surface area contributed by atoms with Gasteiger partial charge in [-0.2, -0.15) is 8.62 Å². The third-order valence-corrected chi connectivity index (χ3v) is 6.99. The van der Waals surface area contributed by atoms with Crippen LogP contribution in [0.4, 0.5) is 0 Å². The van der Waals surface area contributed by atoms with Crippen molar-refractivity contribution >= 4 is 47.4 Å². The molecule has 2 unspecified atom stereocenters. The number of phosphoric ester groups is 1. The second kappa shape index (κ2) is 9.91. The summed E-state index contributed by atoms with van der Waals surface area (Å²) in [6.07, 6.45) is -2.74. The van der Waals surface area contributed by atoms with Crippen molar-refractivity contribution in [2.75, 3.05) is 6.61 Å². The molecule has 29 heavy (non-hydrogen) atoms. The van der Waals surface area contributed by atoms with E-state index in [1.165, 1.54) is 0 Å². The number of rotatable bonds is 8. The largest absolute Gasteiger partial charge is 0.490 e. The van der Waals surface area contributed by atoms with Gasteiger partial charge in [-0.15, -0.1) is 24.0 Å². The van der Waals surface area contributed by atoms with Crippen molar-refractivity contribution in [3.8, 4) is 0 Å². The lowest BCUT2D eigenvalue weighted by Gasteiger charge is -2.19. The number of nitrogens with zero attached hydrogens (tertiary/aromatic N) is 1. The summed E-state index contributed by atoms with van der Waals surface area (Å²) in [6, 6.07) is 1.02. The van der Waals surface area contributed by atoms with E-state index in [9.17, 15) is 33.3 Å². The number of H-pyrrole nitrogens is 1. The summed E-state index contributed by atoms with van der Waals surface area (Å²) in [7, 11) is -16.6. The summed E-state index contributed by atoms with van der Waals surface area (Å²) in [4.78, 5) is 60.0. The molecule has 1 aliphatic rings. The molecule has 1 fully saturated rings. The fourth-order valence-corrected chi connectivity index (χ4v) is 5.19. The predicted octanol–water partition coefficient (Wildman–Crippen LogP) is -0.854. The van der Waals surface area contributed by atoms with Crippen LogP contribution in [0.2, 0.25) is 0 Å². The first-order valence-electron chi connectivity index (χ1n) is 7.11. The zero-order valence-electron chi connectivity index (χ0n) is 13.9. The van der Waals surface area contributed by atoms with Gasteiger partial charge in [0.2, 0.25) is 0 Å². The highest BCUT2D eigenvalue weighted by Crippen LogP contribution is 2.66. The molecule has 0 saturated carbocycles. The lowest BCUT2D eigenvalue weighted by molar-refractivity contribution is -0.0450. The number of hydrogen-bond acceptors (Lipinski definition) is 10. The fourth-order valence-electron chi connectivity index (χ4n) is 2.16. The first kappa shape index (κ1) is 26.8. The maximum Gasteiger partial charge on any atom is 0.490 e. The lowest BCUT2D eigenvalue weighted by atomic mass is 10.2. The zero-order valence-corrected chi connectivity index (χ0v) is 18.9.